The minimum absolute atomic E-state index is 0.0115. The van der Waals surface area contributed by atoms with Crippen molar-refractivity contribution in [1.82, 2.24) is 0 Å². The molecule has 1 aliphatic heterocycles. The number of phenols is 1. The molecule has 0 unspecified atom stereocenters. The number of carbonyl (C=O) groups excluding carboxylic acids is 1. The lowest BCUT2D eigenvalue weighted by Gasteiger charge is -2.14. The number of benzene rings is 2. The maximum absolute atomic E-state index is 12.7. The van der Waals surface area contributed by atoms with Crippen LogP contribution in [0.2, 0.25) is 5.02 Å². The highest BCUT2D eigenvalue weighted by molar-refractivity contribution is 8.27. The third-order valence-corrected chi connectivity index (χ3v) is 4.96. The summed E-state index contributed by atoms with van der Waals surface area (Å²) in [6.07, 6.45) is 1.50. The molecule has 0 aromatic heterocycles. The summed E-state index contributed by atoms with van der Waals surface area (Å²) in [6.45, 7) is 0. The number of aromatic hydroxyl groups is 1. The Morgan fingerprint density at radius 1 is 1.24 bits per heavy atom. The van der Waals surface area contributed by atoms with E-state index in [9.17, 15) is 14.7 Å². The SMILES string of the molecule is O=C(O)c1cccc(N2C(=O)C(=Cc3cc(Cl)ccc3O)SC2=S)c1. The zero-order valence-electron chi connectivity index (χ0n) is 12.5. The van der Waals surface area contributed by atoms with Crippen molar-refractivity contribution in [3.05, 3.63) is 63.5 Å². The first-order valence-corrected chi connectivity index (χ1v) is 8.57. The third kappa shape index (κ3) is 3.53. The summed E-state index contributed by atoms with van der Waals surface area (Å²) in [4.78, 5) is 25.4. The van der Waals surface area contributed by atoms with Crippen molar-refractivity contribution in [3.63, 3.8) is 0 Å². The van der Waals surface area contributed by atoms with Gasteiger partial charge in [0, 0.05) is 10.6 Å². The molecule has 1 amide bonds. The first-order valence-electron chi connectivity index (χ1n) is 6.96. The zero-order chi connectivity index (χ0) is 18.1. The molecule has 5 nitrogen and oxygen atoms in total. The quantitative estimate of drug-likeness (QED) is 0.604. The lowest BCUT2D eigenvalue weighted by atomic mass is 10.1. The molecule has 3 rings (SSSR count). The normalized spacial score (nSPS) is 15.9. The lowest BCUT2D eigenvalue weighted by molar-refractivity contribution is -0.113. The van der Waals surface area contributed by atoms with Gasteiger partial charge in [0.1, 0.15) is 5.75 Å². The summed E-state index contributed by atoms with van der Waals surface area (Å²) in [7, 11) is 0. The highest BCUT2D eigenvalue weighted by Crippen LogP contribution is 2.37. The van der Waals surface area contributed by atoms with Crippen LogP contribution in [0.4, 0.5) is 5.69 Å². The topological polar surface area (TPSA) is 77.8 Å². The fraction of sp³-hybridized carbons (Fsp3) is 0. The summed E-state index contributed by atoms with van der Waals surface area (Å²) >= 11 is 12.2. The van der Waals surface area contributed by atoms with E-state index in [2.05, 4.69) is 0 Å². The van der Waals surface area contributed by atoms with Gasteiger partial charge in [0.25, 0.3) is 5.91 Å². The van der Waals surface area contributed by atoms with Crippen LogP contribution >= 0.6 is 35.6 Å². The summed E-state index contributed by atoms with van der Waals surface area (Å²) in [5.41, 5.74) is 0.830. The van der Waals surface area contributed by atoms with Gasteiger partial charge in [0.15, 0.2) is 4.32 Å². The fourth-order valence-electron chi connectivity index (χ4n) is 2.25. The van der Waals surface area contributed by atoms with Crippen molar-refractivity contribution < 1.29 is 19.8 Å². The molecule has 1 saturated heterocycles. The van der Waals surface area contributed by atoms with E-state index in [1.165, 1.54) is 41.3 Å². The van der Waals surface area contributed by atoms with Gasteiger partial charge in [-0.25, -0.2) is 4.79 Å². The summed E-state index contributed by atoms with van der Waals surface area (Å²) in [5, 5.41) is 19.4. The average Bonchev–Trinajstić information content (AvgIpc) is 2.85. The number of phenolic OH excluding ortho intramolecular Hbond substituents is 1. The standard InChI is InChI=1S/C17H10ClNO4S2/c18-11-4-5-13(20)10(6-11)8-14-15(21)19(17(24)25-14)12-3-1-2-9(7-12)16(22)23/h1-8,20H,(H,22,23). The van der Waals surface area contributed by atoms with Gasteiger partial charge in [-0.05, 0) is 42.5 Å². The van der Waals surface area contributed by atoms with E-state index < -0.39 is 11.9 Å². The van der Waals surface area contributed by atoms with Crippen LogP contribution in [0.1, 0.15) is 15.9 Å². The molecule has 0 radical (unpaired) electrons. The van der Waals surface area contributed by atoms with Crippen LogP contribution < -0.4 is 4.90 Å². The zero-order valence-corrected chi connectivity index (χ0v) is 14.9. The summed E-state index contributed by atoms with van der Waals surface area (Å²) in [6, 6.07) is 10.5. The van der Waals surface area contributed by atoms with Crippen LogP contribution in [-0.4, -0.2) is 26.4 Å². The van der Waals surface area contributed by atoms with Crippen molar-refractivity contribution in [3.8, 4) is 5.75 Å². The molecule has 0 bridgehead atoms. The number of carbonyl (C=O) groups is 2. The number of hydrogen-bond acceptors (Lipinski definition) is 5. The first kappa shape index (κ1) is 17.5. The second-order valence-electron chi connectivity index (χ2n) is 5.08. The second kappa shape index (κ2) is 6.87. The van der Waals surface area contributed by atoms with Gasteiger partial charge >= 0.3 is 5.97 Å². The second-order valence-corrected chi connectivity index (χ2v) is 7.19. The molecule has 0 aliphatic carbocycles. The number of thiocarbonyl (C=S) groups is 1. The van der Waals surface area contributed by atoms with Crippen LogP contribution in [0.25, 0.3) is 6.08 Å². The van der Waals surface area contributed by atoms with Crippen LogP contribution in [0.15, 0.2) is 47.4 Å². The highest BCUT2D eigenvalue weighted by atomic mass is 35.5. The Morgan fingerprint density at radius 2 is 2.00 bits per heavy atom. The van der Waals surface area contributed by atoms with E-state index in [0.29, 0.717) is 21.2 Å². The molecule has 2 aromatic rings. The van der Waals surface area contributed by atoms with Gasteiger partial charge in [-0.3, -0.25) is 9.69 Å². The number of halogens is 1. The summed E-state index contributed by atoms with van der Waals surface area (Å²) < 4.78 is 0.278. The number of rotatable bonds is 3. The molecule has 2 N–H and O–H groups in total. The Bertz CT molecular complexity index is 942. The molecule has 1 heterocycles. The van der Waals surface area contributed by atoms with Gasteiger partial charge < -0.3 is 10.2 Å². The van der Waals surface area contributed by atoms with E-state index in [-0.39, 0.29) is 15.6 Å². The van der Waals surface area contributed by atoms with Gasteiger partial charge in [-0.2, -0.15) is 0 Å². The van der Waals surface area contributed by atoms with E-state index in [1.54, 1.807) is 12.1 Å². The molecule has 1 aliphatic rings. The van der Waals surface area contributed by atoms with Crippen LogP contribution in [0.5, 0.6) is 5.75 Å². The third-order valence-electron chi connectivity index (χ3n) is 3.42. The molecule has 2 aromatic carbocycles. The first-order chi connectivity index (χ1) is 11.9. The van der Waals surface area contributed by atoms with E-state index in [1.807, 2.05) is 0 Å². The molecule has 8 heteroatoms. The largest absolute Gasteiger partial charge is 0.507 e. The van der Waals surface area contributed by atoms with Crippen molar-refractivity contribution in [2.75, 3.05) is 4.90 Å². The molecule has 1 fully saturated rings. The average molecular weight is 392 g/mol. The van der Waals surface area contributed by atoms with Gasteiger partial charge in [-0.15, -0.1) is 0 Å². The number of thioether (sulfide) groups is 1. The van der Waals surface area contributed by atoms with Crippen molar-refractivity contribution >= 4 is 63.5 Å². The smallest absolute Gasteiger partial charge is 0.335 e. The van der Waals surface area contributed by atoms with E-state index in [4.69, 9.17) is 28.9 Å². The van der Waals surface area contributed by atoms with Crippen molar-refractivity contribution in [2.45, 2.75) is 0 Å². The maximum Gasteiger partial charge on any atom is 0.335 e. The highest BCUT2D eigenvalue weighted by Gasteiger charge is 2.33. The number of carboxylic acid groups (broad SMARTS) is 1. The lowest BCUT2D eigenvalue weighted by Crippen LogP contribution is -2.27. The Labute approximate surface area is 157 Å². The molecule has 0 saturated carbocycles. The monoisotopic (exact) mass is 391 g/mol. The number of anilines is 1. The van der Waals surface area contributed by atoms with Gasteiger partial charge in [0.05, 0.1) is 16.2 Å². The number of aromatic carboxylic acids is 1. The Kier molecular flexibility index (Phi) is 4.80. The molecular formula is C17H10ClNO4S2. The minimum atomic E-state index is -1.09. The van der Waals surface area contributed by atoms with E-state index >= 15 is 0 Å². The Morgan fingerprint density at radius 3 is 2.72 bits per heavy atom. The van der Waals surface area contributed by atoms with Gasteiger partial charge in [0.2, 0.25) is 0 Å². The molecule has 126 valence electrons. The van der Waals surface area contributed by atoms with Crippen molar-refractivity contribution in [1.29, 1.82) is 0 Å². The van der Waals surface area contributed by atoms with Gasteiger partial charge in [-0.1, -0.05) is 41.6 Å². The predicted octanol–water partition coefficient (Wildman–Crippen LogP) is 4.15. The molecule has 25 heavy (non-hydrogen) atoms. The Balaban J connectivity index is 1.98. The van der Waals surface area contributed by atoms with Crippen LogP contribution in [-0.2, 0) is 4.79 Å². The van der Waals surface area contributed by atoms with E-state index in [0.717, 1.165) is 11.8 Å². The minimum Gasteiger partial charge on any atom is -0.507 e. The maximum atomic E-state index is 12.7. The van der Waals surface area contributed by atoms with Crippen LogP contribution in [0, 0.1) is 0 Å². The summed E-state index contributed by atoms with van der Waals surface area (Å²) in [5.74, 6) is -1.49. The number of hydrogen-bond donors (Lipinski definition) is 2. The molecule has 0 spiro atoms. The van der Waals surface area contributed by atoms with Crippen LogP contribution in [0.3, 0.4) is 0 Å². The van der Waals surface area contributed by atoms with Crippen molar-refractivity contribution in [2.24, 2.45) is 0 Å². The predicted molar refractivity (Wildman–Crippen MR) is 102 cm³/mol. The molecule has 0 atom stereocenters. The fourth-order valence-corrected chi connectivity index (χ4v) is 3.72. The number of nitrogens with zero attached hydrogens (tertiary/aromatic N) is 1. The molecular weight excluding hydrogens is 382 g/mol. The number of amides is 1. The Hall–Kier alpha value is -2.35. The number of carboxylic acids is 1.